The minimum absolute atomic E-state index is 0.348. The van der Waals surface area contributed by atoms with Crippen LogP contribution in [0.25, 0.3) is 0 Å². The molecule has 0 spiro atoms. The minimum Gasteiger partial charge on any atom is -0.354 e. The van der Waals surface area contributed by atoms with Crippen molar-refractivity contribution in [1.82, 2.24) is 9.97 Å². The van der Waals surface area contributed by atoms with Crippen molar-refractivity contribution >= 4 is 5.82 Å². The Bertz CT molecular complexity index is 431. The van der Waals surface area contributed by atoms with Gasteiger partial charge in [0, 0.05) is 25.2 Å². The van der Waals surface area contributed by atoms with Crippen LogP contribution in [0.4, 0.5) is 5.82 Å². The number of nitrogens with zero attached hydrogens (tertiary/aromatic N) is 3. The second-order valence-corrected chi connectivity index (χ2v) is 7.82. The van der Waals surface area contributed by atoms with E-state index in [1.807, 2.05) is 6.20 Å². The van der Waals surface area contributed by atoms with Crippen LogP contribution in [-0.2, 0) is 6.42 Å². The molecule has 0 unspecified atom stereocenters. The molecule has 0 aliphatic heterocycles. The molecule has 3 nitrogen and oxygen atoms in total. The summed E-state index contributed by atoms with van der Waals surface area (Å²) < 4.78 is 0. The highest BCUT2D eigenvalue weighted by Gasteiger charge is 2.21. The lowest BCUT2D eigenvalue weighted by Gasteiger charge is -2.35. The van der Waals surface area contributed by atoms with Crippen molar-refractivity contribution in [3.8, 4) is 0 Å². The van der Waals surface area contributed by atoms with Crippen molar-refractivity contribution < 1.29 is 0 Å². The summed E-state index contributed by atoms with van der Waals surface area (Å²) in [5.41, 5.74) is 0.348. The van der Waals surface area contributed by atoms with E-state index in [1.54, 1.807) is 0 Å². The van der Waals surface area contributed by atoms with Gasteiger partial charge in [-0.25, -0.2) is 9.97 Å². The van der Waals surface area contributed by atoms with Gasteiger partial charge in [0.05, 0.1) is 0 Å². The van der Waals surface area contributed by atoms with Crippen LogP contribution in [0, 0.1) is 5.41 Å². The number of hydrogen-bond acceptors (Lipinski definition) is 3. The first kappa shape index (κ1) is 19.9. The van der Waals surface area contributed by atoms with Crippen molar-refractivity contribution in [2.75, 3.05) is 11.4 Å². The molecule has 0 radical (unpaired) electrons. The molecule has 3 heteroatoms. The molecule has 0 aromatic carbocycles. The van der Waals surface area contributed by atoms with Gasteiger partial charge in [-0.2, -0.15) is 0 Å². The van der Waals surface area contributed by atoms with Crippen LogP contribution in [0.15, 0.2) is 12.3 Å². The number of hydrogen-bond donors (Lipinski definition) is 0. The standard InChI is InChI=1S/C20H37N3/c1-7-10-17(11-8-2)23(16-14-20(4,5)6)19-13-15-21-18(22-19)12-9-3/h13,15,17H,7-12,14,16H2,1-6H3. The lowest BCUT2D eigenvalue weighted by Crippen LogP contribution is -2.38. The topological polar surface area (TPSA) is 29.0 Å². The number of rotatable bonds is 10. The molecule has 0 bridgehead atoms. The normalized spacial score (nSPS) is 12.0. The maximum atomic E-state index is 4.86. The first-order chi connectivity index (χ1) is 10.9. The summed E-state index contributed by atoms with van der Waals surface area (Å²) in [7, 11) is 0. The predicted octanol–water partition coefficient (Wildman–Crippen LogP) is 5.64. The second-order valence-electron chi connectivity index (χ2n) is 7.82. The van der Waals surface area contributed by atoms with E-state index in [4.69, 9.17) is 4.98 Å². The molecular weight excluding hydrogens is 282 g/mol. The molecule has 1 heterocycles. The van der Waals surface area contributed by atoms with Gasteiger partial charge in [0.1, 0.15) is 11.6 Å². The third-order valence-electron chi connectivity index (χ3n) is 4.25. The van der Waals surface area contributed by atoms with E-state index in [0.29, 0.717) is 11.5 Å². The molecule has 0 aliphatic rings. The zero-order valence-electron chi connectivity index (χ0n) is 16.2. The number of aromatic nitrogens is 2. The summed E-state index contributed by atoms with van der Waals surface area (Å²) in [6.07, 6.45) is 10.1. The Labute approximate surface area is 143 Å². The van der Waals surface area contributed by atoms with Gasteiger partial charge in [-0.15, -0.1) is 0 Å². The van der Waals surface area contributed by atoms with E-state index in [9.17, 15) is 0 Å². The van der Waals surface area contributed by atoms with Crippen molar-refractivity contribution in [3.05, 3.63) is 18.1 Å². The van der Waals surface area contributed by atoms with Gasteiger partial charge in [-0.1, -0.05) is 54.4 Å². The third kappa shape index (κ3) is 7.32. The first-order valence-corrected chi connectivity index (χ1v) is 9.49. The molecule has 1 rings (SSSR count). The SMILES string of the molecule is CCCc1nccc(N(CCC(C)(C)C)C(CCC)CCC)n1. The van der Waals surface area contributed by atoms with Crippen LogP contribution in [0.3, 0.4) is 0 Å². The van der Waals surface area contributed by atoms with Crippen LogP contribution in [0.1, 0.15) is 85.9 Å². The summed E-state index contributed by atoms with van der Waals surface area (Å²) in [5.74, 6) is 2.11. The van der Waals surface area contributed by atoms with Crippen LogP contribution < -0.4 is 4.90 Å². The molecule has 0 atom stereocenters. The Morgan fingerprint density at radius 2 is 1.70 bits per heavy atom. The van der Waals surface area contributed by atoms with E-state index in [2.05, 4.69) is 57.5 Å². The fourth-order valence-electron chi connectivity index (χ4n) is 2.95. The van der Waals surface area contributed by atoms with Crippen molar-refractivity contribution in [2.45, 2.75) is 92.5 Å². The van der Waals surface area contributed by atoms with Crippen LogP contribution >= 0.6 is 0 Å². The molecule has 23 heavy (non-hydrogen) atoms. The van der Waals surface area contributed by atoms with Crippen molar-refractivity contribution in [3.63, 3.8) is 0 Å². The van der Waals surface area contributed by atoms with E-state index in [0.717, 1.165) is 31.0 Å². The zero-order chi connectivity index (χ0) is 17.3. The Kier molecular flexibility index (Phi) is 8.57. The van der Waals surface area contributed by atoms with Gasteiger partial charge in [0.25, 0.3) is 0 Å². The van der Waals surface area contributed by atoms with E-state index >= 15 is 0 Å². The van der Waals surface area contributed by atoms with Crippen molar-refractivity contribution in [1.29, 1.82) is 0 Å². The summed E-state index contributed by atoms with van der Waals surface area (Å²) in [6, 6.07) is 2.69. The van der Waals surface area contributed by atoms with Crippen molar-refractivity contribution in [2.24, 2.45) is 5.41 Å². The van der Waals surface area contributed by atoms with Crippen LogP contribution in [-0.4, -0.2) is 22.6 Å². The van der Waals surface area contributed by atoms with E-state index in [1.165, 1.54) is 32.1 Å². The monoisotopic (exact) mass is 319 g/mol. The Hall–Kier alpha value is -1.12. The molecule has 0 fully saturated rings. The minimum atomic E-state index is 0.348. The molecule has 132 valence electrons. The predicted molar refractivity (Wildman–Crippen MR) is 101 cm³/mol. The quantitative estimate of drug-likeness (QED) is 0.559. The zero-order valence-corrected chi connectivity index (χ0v) is 16.2. The fourth-order valence-corrected chi connectivity index (χ4v) is 2.95. The van der Waals surface area contributed by atoms with Gasteiger partial charge in [0.2, 0.25) is 0 Å². The van der Waals surface area contributed by atoms with E-state index < -0.39 is 0 Å². The maximum absolute atomic E-state index is 4.86. The van der Waals surface area contributed by atoms with Crippen LogP contribution in [0.5, 0.6) is 0 Å². The second kappa shape index (κ2) is 9.89. The molecule has 1 aromatic rings. The highest BCUT2D eigenvalue weighted by atomic mass is 15.2. The Morgan fingerprint density at radius 1 is 1.04 bits per heavy atom. The summed E-state index contributed by atoms with van der Waals surface area (Å²) in [5, 5.41) is 0. The molecule has 0 saturated carbocycles. The van der Waals surface area contributed by atoms with Gasteiger partial charge >= 0.3 is 0 Å². The number of aryl methyl sites for hydroxylation is 1. The molecule has 0 aliphatic carbocycles. The maximum Gasteiger partial charge on any atom is 0.132 e. The van der Waals surface area contributed by atoms with Gasteiger partial charge in [-0.05, 0) is 37.2 Å². The average Bonchev–Trinajstić information content (AvgIpc) is 2.47. The van der Waals surface area contributed by atoms with Gasteiger partial charge in [-0.3, -0.25) is 0 Å². The Morgan fingerprint density at radius 3 is 2.22 bits per heavy atom. The lowest BCUT2D eigenvalue weighted by atomic mass is 9.91. The molecular formula is C20H37N3. The largest absolute Gasteiger partial charge is 0.354 e. The molecule has 0 N–H and O–H groups in total. The van der Waals surface area contributed by atoms with Gasteiger partial charge in [0.15, 0.2) is 0 Å². The van der Waals surface area contributed by atoms with Gasteiger partial charge < -0.3 is 4.90 Å². The highest BCUT2D eigenvalue weighted by molar-refractivity contribution is 5.39. The number of anilines is 1. The molecule has 0 amide bonds. The first-order valence-electron chi connectivity index (χ1n) is 9.49. The highest BCUT2D eigenvalue weighted by Crippen LogP contribution is 2.25. The summed E-state index contributed by atoms with van der Waals surface area (Å²) in [4.78, 5) is 11.9. The molecule has 0 saturated heterocycles. The summed E-state index contributed by atoms with van der Waals surface area (Å²) >= 11 is 0. The van der Waals surface area contributed by atoms with Crippen LogP contribution in [0.2, 0.25) is 0 Å². The van der Waals surface area contributed by atoms with E-state index in [-0.39, 0.29) is 0 Å². The lowest BCUT2D eigenvalue weighted by molar-refractivity contribution is 0.364. The third-order valence-corrected chi connectivity index (χ3v) is 4.25. The average molecular weight is 320 g/mol. The smallest absolute Gasteiger partial charge is 0.132 e. The molecule has 1 aromatic heterocycles. The summed E-state index contributed by atoms with van der Waals surface area (Å²) in [6.45, 7) is 14.8. The fraction of sp³-hybridized carbons (Fsp3) is 0.800. The Balaban J connectivity index is 3.02.